The number of imide groups is 1. The Morgan fingerprint density at radius 3 is 2.40 bits per heavy atom. The molecular formula is C18H17N3O3S. The summed E-state index contributed by atoms with van der Waals surface area (Å²) in [4.78, 5) is 37.1. The van der Waals surface area contributed by atoms with Crippen LogP contribution in [-0.4, -0.2) is 22.4 Å². The normalized spacial score (nSPS) is 16.9. The predicted octanol–water partition coefficient (Wildman–Crippen LogP) is 3.59. The van der Waals surface area contributed by atoms with Crippen LogP contribution < -0.4 is 15.5 Å². The molecule has 1 heterocycles. The third-order valence-electron chi connectivity index (χ3n) is 3.61. The van der Waals surface area contributed by atoms with Gasteiger partial charge in [0.25, 0.3) is 11.1 Å². The average Bonchev–Trinajstić information content (AvgIpc) is 2.83. The highest BCUT2D eigenvalue weighted by Gasteiger charge is 2.40. The molecule has 1 fully saturated rings. The van der Waals surface area contributed by atoms with Crippen molar-refractivity contribution in [3.05, 3.63) is 54.1 Å². The zero-order valence-electron chi connectivity index (χ0n) is 13.8. The fourth-order valence-electron chi connectivity index (χ4n) is 2.51. The second kappa shape index (κ2) is 6.98. The van der Waals surface area contributed by atoms with Gasteiger partial charge in [-0.15, -0.1) is 0 Å². The van der Waals surface area contributed by atoms with Crippen LogP contribution in [0.2, 0.25) is 0 Å². The quantitative estimate of drug-likeness (QED) is 0.876. The number of aryl methyl sites for hydroxylation is 1. The summed E-state index contributed by atoms with van der Waals surface area (Å²) in [5.41, 5.74) is 2.92. The Hall–Kier alpha value is -2.80. The number of nitrogens with zero attached hydrogens (tertiary/aromatic N) is 1. The topological polar surface area (TPSA) is 78.5 Å². The van der Waals surface area contributed by atoms with E-state index >= 15 is 0 Å². The molecular weight excluding hydrogens is 338 g/mol. The molecule has 0 aliphatic carbocycles. The van der Waals surface area contributed by atoms with Crippen LogP contribution in [0, 0.1) is 6.92 Å². The van der Waals surface area contributed by atoms with Crippen molar-refractivity contribution in [2.75, 3.05) is 15.5 Å². The highest BCUT2D eigenvalue weighted by Crippen LogP contribution is 2.32. The number of carbonyl (C=O) groups excluding carboxylic acids is 3. The van der Waals surface area contributed by atoms with E-state index in [0.29, 0.717) is 17.1 Å². The van der Waals surface area contributed by atoms with Crippen molar-refractivity contribution in [2.45, 2.75) is 19.2 Å². The Morgan fingerprint density at radius 1 is 1.08 bits per heavy atom. The molecule has 2 aromatic rings. The van der Waals surface area contributed by atoms with E-state index in [9.17, 15) is 14.4 Å². The maximum atomic E-state index is 12.6. The zero-order chi connectivity index (χ0) is 18.0. The first-order valence-corrected chi connectivity index (χ1v) is 8.57. The lowest BCUT2D eigenvalue weighted by Gasteiger charge is -2.15. The van der Waals surface area contributed by atoms with Crippen LogP contribution >= 0.6 is 11.8 Å². The van der Waals surface area contributed by atoms with Crippen LogP contribution in [-0.2, 0) is 9.59 Å². The molecule has 6 nitrogen and oxygen atoms in total. The van der Waals surface area contributed by atoms with E-state index in [1.54, 1.807) is 36.4 Å². The van der Waals surface area contributed by atoms with E-state index in [1.165, 1.54) is 11.8 Å². The Kier molecular flexibility index (Phi) is 4.76. The van der Waals surface area contributed by atoms with Crippen LogP contribution in [0.5, 0.6) is 0 Å². The summed E-state index contributed by atoms with van der Waals surface area (Å²) in [7, 11) is 0. The van der Waals surface area contributed by atoms with Crippen molar-refractivity contribution < 1.29 is 14.4 Å². The molecule has 25 heavy (non-hydrogen) atoms. The highest BCUT2D eigenvalue weighted by molar-refractivity contribution is 8.16. The van der Waals surface area contributed by atoms with E-state index in [2.05, 4.69) is 10.6 Å². The molecule has 0 spiro atoms. The fraction of sp³-hybridized carbons (Fsp3) is 0.167. The fourth-order valence-corrected chi connectivity index (χ4v) is 3.41. The molecule has 0 radical (unpaired) electrons. The van der Waals surface area contributed by atoms with Gasteiger partial charge in [0, 0.05) is 18.3 Å². The summed E-state index contributed by atoms with van der Waals surface area (Å²) in [6, 6.07) is 14.2. The number of amides is 3. The molecule has 2 N–H and O–H groups in total. The number of rotatable bonds is 4. The molecule has 0 saturated carbocycles. The van der Waals surface area contributed by atoms with Gasteiger partial charge >= 0.3 is 0 Å². The predicted molar refractivity (Wildman–Crippen MR) is 99.8 cm³/mol. The van der Waals surface area contributed by atoms with Gasteiger partial charge in [-0.2, -0.15) is 0 Å². The van der Waals surface area contributed by atoms with Crippen molar-refractivity contribution in [3.8, 4) is 0 Å². The van der Waals surface area contributed by atoms with Crippen LogP contribution in [0.1, 0.15) is 12.5 Å². The number of carbonyl (C=O) groups is 3. The average molecular weight is 355 g/mol. The van der Waals surface area contributed by atoms with E-state index in [0.717, 1.165) is 17.3 Å². The molecule has 3 amide bonds. The second-order valence-electron chi connectivity index (χ2n) is 5.68. The summed E-state index contributed by atoms with van der Waals surface area (Å²) in [6.45, 7) is 3.35. The maximum absolute atomic E-state index is 12.6. The molecule has 0 unspecified atom stereocenters. The SMILES string of the molecule is CC(=O)Nc1ccc(N[C@H]2SC(=O)N(c3cccc(C)c3)C2=O)cc1. The molecule has 7 heteroatoms. The molecule has 1 saturated heterocycles. The van der Waals surface area contributed by atoms with Gasteiger partial charge in [0.2, 0.25) is 5.91 Å². The van der Waals surface area contributed by atoms with E-state index in [-0.39, 0.29) is 17.1 Å². The van der Waals surface area contributed by atoms with Crippen molar-refractivity contribution >= 4 is 45.9 Å². The molecule has 0 bridgehead atoms. The Labute approximate surface area is 149 Å². The maximum Gasteiger partial charge on any atom is 0.295 e. The van der Waals surface area contributed by atoms with Gasteiger partial charge in [0.1, 0.15) is 0 Å². The van der Waals surface area contributed by atoms with Gasteiger partial charge in [-0.05, 0) is 60.6 Å². The summed E-state index contributed by atoms with van der Waals surface area (Å²) in [5.74, 6) is -0.451. The lowest BCUT2D eigenvalue weighted by Crippen LogP contribution is -2.34. The van der Waals surface area contributed by atoms with Crippen molar-refractivity contribution in [1.82, 2.24) is 0 Å². The smallest absolute Gasteiger partial charge is 0.295 e. The third kappa shape index (κ3) is 3.83. The molecule has 1 aliphatic heterocycles. The van der Waals surface area contributed by atoms with Gasteiger partial charge in [-0.3, -0.25) is 14.4 Å². The highest BCUT2D eigenvalue weighted by atomic mass is 32.2. The minimum absolute atomic E-state index is 0.151. The minimum Gasteiger partial charge on any atom is -0.365 e. The van der Waals surface area contributed by atoms with Gasteiger partial charge in [-0.25, -0.2) is 4.90 Å². The summed E-state index contributed by atoms with van der Waals surface area (Å²) in [6.07, 6.45) is 0. The van der Waals surface area contributed by atoms with Crippen LogP contribution in [0.15, 0.2) is 48.5 Å². The number of nitrogens with one attached hydrogen (secondary N) is 2. The first kappa shape index (κ1) is 17.0. The van der Waals surface area contributed by atoms with Gasteiger partial charge < -0.3 is 10.6 Å². The van der Waals surface area contributed by atoms with Crippen LogP contribution in [0.4, 0.5) is 21.9 Å². The van der Waals surface area contributed by atoms with Gasteiger partial charge in [-0.1, -0.05) is 12.1 Å². The Morgan fingerprint density at radius 2 is 1.76 bits per heavy atom. The Bertz CT molecular complexity index is 836. The molecule has 2 aromatic carbocycles. The summed E-state index contributed by atoms with van der Waals surface area (Å²) < 4.78 is 0. The molecule has 3 rings (SSSR count). The molecule has 128 valence electrons. The number of anilines is 3. The van der Waals surface area contributed by atoms with Crippen molar-refractivity contribution in [3.63, 3.8) is 0 Å². The van der Waals surface area contributed by atoms with E-state index in [1.807, 2.05) is 19.1 Å². The monoisotopic (exact) mass is 355 g/mol. The van der Waals surface area contributed by atoms with E-state index in [4.69, 9.17) is 0 Å². The second-order valence-corrected chi connectivity index (χ2v) is 6.74. The van der Waals surface area contributed by atoms with Crippen molar-refractivity contribution in [1.29, 1.82) is 0 Å². The Balaban J connectivity index is 1.73. The zero-order valence-corrected chi connectivity index (χ0v) is 14.6. The van der Waals surface area contributed by atoms with Crippen LogP contribution in [0.25, 0.3) is 0 Å². The van der Waals surface area contributed by atoms with Gasteiger partial charge in [0.15, 0.2) is 5.37 Å². The van der Waals surface area contributed by atoms with Crippen molar-refractivity contribution in [2.24, 2.45) is 0 Å². The standard InChI is InChI=1S/C18H17N3O3S/c1-11-4-3-5-15(10-11)21-17(23)16(25-18(21)24)20-14-8-6-13(7-9-14)19-12(2)22/h3-10,16,20H,1-2H3,(H,19,22)/t16-/m0/s1. The number of hydrogen-bond donors (Lipinski definition) is 2. The number of thioether (sulfide) groups is 1. The molecule has 0 aromatic heterocycles. The first-order chi connectivity index (χ1) is 11.9. The number of hydrogen-bond acceptors (Lipinski definition) is 5. The third-order valence-corrected chi connectivity index (χ3v) is 4.55. The lowest BCUT2D eigenvalue weighted by atomic mass is 10.2. The largest absolute Gasteiger partial charge is 0.365 e. The lowest BCUT2D eigenvalue weighted by molar-refractivity contribution is -0.116. The molecule has 1 atom stereocenters. The van der Waals surface area contributed by atoms with E-state index < -0.39 is 5.37 Å². The minimum atomic E-state index is -0.681. The summed E-state index contributed by atoms with van der Waals surface area (Å²) >= 11 is 0.949. The summed E-state index contributed by atoms with van der Waals surface area (Å²) in [5, 5.41) is 4.74. The first-order valence-electron chi connectivity index (χ1n) is 7.69. The number of benzene rings is 2. The van der Waals surface area contributed by atoms with Gasteiger partial charge in [0.05, 0.1) is 5.69 Å². The van der Waals surface area contributed by atoms with Crippen LogP contribution in [0.3, 0.4) is 0 Å². The molecule has 1 aliphatic rings.